The molecule has 0 aliphatic carbocycles. The Morgan fingerprint density at radius 1 is 0.475 bits per heavy atom. The zero-order valence-electron chi connectivity index (χ0n) is 36.9. The van der Waals surface area contributed by atoms with Crippen LogP contribution in [0.25, 0.3) is 0 Å². The molecule has 11 heteroatoms. The van der Waals surface area contributed by atoms with Crippen molar-refractivity contribution in [1.82, 2.24) is 0 Å². The van der Waals surface area contributed by atoms with Crippen LogP contribution in [0.2, 0.25) is 0 Å². The third-order valence-electron chi connectivity index (χ3n) is 9.40. The molecular weight excluding hydrogens is 767 g/mol. The summed E-state index contributed by atoms with van der Waals surface area (Å²) in [5.41, 5.74) is 0. The number of aliphatic hydroxyl groups excluding tert-OH is 2. The zero-order chi connectivity index (χ0) is 43.3. The van der Waals surface area contributed by atoms with Crippen LogP contribution in [-0.4, -0.2) is 65.7 Å². The summed E-state index contributed by atoms with van der Waals surface area (Å²) >= 11 is 0. The minimum Gasteiger partial charge on any atom is -0.457 e. The Bertz CT molecular complexity index is 1210. The number of carbonyl (C=O) groups excluding carboxylic acids is 2. The molecule has 59 heavy (non-hydrogen) atoms. The number of hydrogen-bond acceptors (Lipinski definition) is 9. The van der Waals surface area contributed by atoms with Gasteiger partial charge in [-0.05, 0) is 83.5 Å². The Morgan fingerprint density at radius 2 is 0.797 bits per heavy atom. The zero-order valence-corrected chi connectivity index (χ0v) is 37.8. The smallest absolute Gasteiger partial charge is 0.457 e. The largest absolute Gasteiger partial charge is 0.472 e. The van der Waals surface area contributed by atoms with E-state index in [1.807, 2.05) is 0 Å². The van der Waals surface area contributed by atoms with Crippen LogP contribution in [0.1, 0.15) is 181 Å². The molecule has 0 spiro atoms. The van der Waals surface area contributed by atoms with E-state index in [1.165, 1.54) is 57.8 Å². The number of phosphoric acid groups is 1. The van der Waals surface area contributed by atoms with E-state index in [2.05, 4.69) is 86.8 Å². The van der Waals surface area contributed by atoms with Crippen LogP contribution in [0, 0.1) is 0 Å². The summed E-state index contributed by atoms with van der Waals surface area (Å²) in [5, 5.41) is 19.2. The summed E-state index contributed by atoms with van der Waals surface area (Å²) in [6.45, 7) is 2.03. The summed E-state index contributed by atoms with van der Waals surface area (Å²) in [4.78, 5) is 34.6. The average Bonchev–Trinajstić information content (AvgIpc) is 3.22. The second-order valence-electron chi connectivity index (χ2n) is 15.0. The summed E-state index contributed by atoms with van der Waals surface area (Å²) in [5.74, 6) is -1.05. The first-order valence-electron chi connectivity index (χ1n) is 22.9. The Morgan fingerprint density at radius 3 is 1.15 bits per heavy atom. The lowest BCUT2D eigenvalue weighted by Gasteiger charge is -2.20. The van der Waals surface area contributed by atoms with Gasteiger partial charge < -0.3 is 24.6 Å². The summed E-state index contributed by atoms with van der Waals surface area (Å²) < 4.78 is 32.6. The van der Waals surface area contributed by atoms with Crippen molar-refractivity contribution < 1.29 is 47.8 Å². The van der Waals surface area contributed by atoms with Crippen LogP contribution in [0.3, 0.4) is 0 Å². The molecule has 0 bridgehead atoms. The highest BCUT2D eigenvalue weighted by Crippen LogP contribution is 2.43. The lowest BCUT2D eigenvalue weighted by Crippen LogP contribution is -2.28. The molecule has 0 amide bonds. The Hall–Kier alpha value is -2.59. The quantitative estimate of drug-likeness (QED) is 0.0234. The van der Waals surface area contributed by atoms with Crippen molar-refractivity contribution in [2.45, 2.75) is 193 Å². The second-order valence-corrected chi connectivity index (χ2v) is 16.5. The van der Waals surface area contributed by atoms with E-state index in [0.29, 0.717) is 12.8 Å². The molecule has 0 aromatic rings. The monoisotopic (exact) mass is 851 g/mol. The summed E-state index contributed by atoms with van der Waals surface area (Å²) in [7, 11) is -4.65. The standard InChI is InChI=1S/C48H83O10P/c1-3-5-7-9-11-13-15-17-19-21-22-24-26-28-30-32-34-36-38-40-48(52)58-46(42-50)44-56-59(53,54)55-43-45(41-49)57-47(51)39-37-35-33-31-29-27-25-23-20-18-16-14-12-10-8-6-4-2/h6,8,11-14,17-20,25,27,45-46,49-50H,3-5,7,9-10,15-16,21-24,26,28-44H2,1-2H3,(H,53,54)/b8-6-,13-11-,14-12-,19-17-,20-18-,27-25-. The van der Waals surface area contributed by atoms with Gasteiger partial charge in [0.25, 0.3) is 0 Å². The van der Waals surface area contributed by atoms with Gasteiger partial charge in [-0.2, -0.15) is 0 Å². The van der Waals surface area contributed by atoms with Crippen LogP contribution < -0.4 is 0 Å². The molecule has 0 aliphatic heterocycles. The van der Waals surface area contributed by atoms with Crippen molar-refractivity contribution in [2.75, 3.05) is 26.4 Å². The number of esters is 2. The van der Waals surface area contributed by atoms with Gasteiger partial charge in [-0.1, -0.05) is 157 Å². The Labute approximate surface area is 358 Å². The lowest BCUT2D eigenvalue weighted by molar-refractivity contribution is -0.153. The van der Waals surface area contributed by atoms with Gasteiger partial charge in [-0.3, -0.25) is 18.6 Å². The molecule has 3 N–H and O–H groups in total. The van der Waals surface area contributed by atoms with Gasteiger partial charge in [0.2, 0.25) is 0 Å². The fraction of sp³-hybridized carbons (Fsp3) is 0.708. The third-order valence-corrected chi connectivity index (χ3v) is 10.4. The second kappa shape index (κ2) is 43.5. The topological polar surface area (TPSA) is 149 Å². The Balaban J connectivity index is 3.94. The number of ether oxygens (including phenoxy) is 2. The summed E-state index contributed by atoms with van der Waals surface area (Å²) in [6.07, 6.45) is 50.1. The van der Waals surface area contributed by atoms with Gasteiger partial charge in [0.15, 0.2) is 0 Å². The Kier molecular flexibility index (Phi) is 41.6. The molecule has 3 unspecified atom stereocenters. The molecule has 0 saturated heterocycles. The lowest BCUT2D eigenvalue weighted by atomic mass is 10.1. The van der Waals surface area contributed by atoms with Gasteiger partial charge in [0, 0.05) is 12.8 Å². The van der Waals surface area contributed by atoms with Crippen molar-refractivity contribution >= 4 is 19.8 Å². The molecule has 0 saturated carbocycles. The number of carbonyl (C=O) groups is 2. The predicted octanol–water partition coefficient (Wildman–Crippen LogP) is 12.4. The van der Waals surface area contributed by atoms with Gasteiger partial charge in [-0.25, -0.2) is 4.57 Å². The maximum Gasteiger partial charge on any atom is 0.472 e. The number of phosphoric ester groups is 1. The molecule has 0 aromatic carbocycles. The predicted molar refractivity (Wildman–Crippen MR) is 242 cm³/mol. The number of hydrogen-bond donors (Lipinski definition) is 3. The first-order chi connectivity index (χ1) is 28.8. The highest BCUT2D eigenvalue weighted by molar-refractivity contribution is 7.47. The van der Waals surface area contributed by atoms with E-state index in [4.69, 9.17) is 18.5 Å². The average molecular weight is 851 g/mol. The fourth-order valence-corrected chi connectivity index (χ4v) is 6.68. The maximum absolute atomic E-state index is 12.4. The van der Waals surface area contributed by atoms with Crippen LogP contribution >= 0.6 is 7.82 Å². The van der Waals surface area contributed by atoms with Crippen LogP contribution in [0.5, 0.6) is 0 Å². The number of unbranched alkanes of at least 4 members (excludes halogenated alkanes) is 16. The van der Waals surface area contributed by atoms with Crippen molar-refractivity contribution in [1.29, 1.82) is 0 Å². The van der Waals surface area contributed by atoms with Gasteiger partial charge in [-0.15, -0.1) is 0 Å². The molecule has 340 valence electrons. The van der Waals surface area contributed by atoms with E-state index < -0.39 is 58.4 Å². The van der Waals surface area contributed by atoms with Crippen molar-refractivity contribution in [3.8, 4) is 0 Å². The highest BCUT2D eigenvalue weighted by atomic mass is 31.2. The molecule has 0 aliphatic rings. The molecule has 0 heterocycles. The number of allylic oxidation sites excluding steroid dienone is 12. The molecule has 3 atom stereocenters. The van der Waals surface area contributed by atoms with E-state index in [9.17, 15) is 29.3 Å². The van der Waals surface area contributed by atoms with Crippen LogP contribution in [0.4, 0.5) is 0 Å². The molecule has 0 fully saturated rings. The van der Waals surface area contributed by atoms with Crippen molar-refractivity contribution in [3.63, 3.8) is 0 Å². The summed E-state index contributed by atoms with van der Waals surface area (Å²) in [6, 6.07) is 0. The van der Waals surface area contributed by atoms with Gasteiger partial charge >= 0.3 is 19.8 Å². The first kappa shape index (κ1) is 56.4. The van der Waals surface area contributed by atoms with Crippen molar-refractivity contribution in [3.05, 3.63) is 72.9 Å². The van der Waals surface area contributed by atoms with E-state index >= 15 is 0 Å². The van der Waals surface area contributed by atoms with E-state index in [1.54, 1.807) is 0 Å². The number of rotatable bonds is 42. The van der Waals surface area contributed by atoms with Crippen LogP contribution in [0.15, 0.2) is 72.9 Å². The highest BCUT2D eigenvalue weighted by Gasteiger charge is 2.27. The fourth-order valence-electron chi connectivity index (χ4n) is 5.90. The SMILES string of the molecule is CC/C=C\C/C=C\C/C=C\C/C=C\CCCCCCC(=O)OC(CO)COP(=O)(O)OCC(CO)OC(=O)CCCCCCCCCCC/C=C\C/C=C\CCCCC. The van der Waals surface area contributed by atoms with E-state index in [-0.39, 0.29) is 12.8 Å². The molecule has 0 aromatic heterocycles. The van der Waals surface area contributed by atoms with E-state index in [0.717, 1.165) is 83.5 Å². The minimum atomic E-state index is -4.65. The third kappa shape index (κ3) is 41.9. The first-order valence-corrected chi connectivity index (χ1v) is 24.4. The molecule has 0 radical (unpaired) electrons. The molecular formula is C48H83O10P. The number of aliphatic hydroxyl groups is 2. The normalized spacial score (nSPS) is 14.5. The van der Waals surface area contributed by atoms with Gasteiger partial charge in [0.1, 0.15) is 12.2 Å². The maximum atomic E-state index is 12.4. The van der Waals surface area contributed by atoms with Gasteiger partial charge in [0.05, 0.1) is 26.4 Å². The molecule has 10 nitrogen and oxygen atoms in total. The molecule has 0 rings (SSSR count). The van der Waals surface area contributed by atoms with Crippen LogP contribution in [-0.2, 0) is 32.7 Å². The van der Waals surface area contributed by atoms with Crippen molar-refractivity contribution in [2.24, 2.45) is 0 Å². The minimum absolute atomic E-state index is 0.161.